The van der Waals surface area contributed by atoms with Crippen LogP contribution in [-0.4, -0.2) is 52.5 Å². The van der Waals surface area contributed by atoms with E-state index in [0.717, 1.165) is 17.1 Å². The van der Waals surface area contributed by atoms with E-state index < -0.39 is 16.9 Å². The predicted octanol–water partition coefficient (Wildman–Crippen LogP) is 2.52. The summed E-state index contributed by atoms with van der Waals surface area (Å²) in [6.07, 6.45) is 2.85. The van der Waals surface area contributed by atoms with Gasteiger partial charge in [0, 0.05) is 39.9 Å². The first kappa shape index (κ1) is 21.5. The van der Waals surface area contributed by atoms with Crippen LogP contribution in [0.4, 0.5) is 5.82 Å². The Morgan fingerprint density at radius 2 is 1.97 bits per heavy atom. The number of nitrogens with zero attached hydrogens (tertiary/aromatic N) is 5. The van der Waals surface area contributed by atoms with E-state index in [1.165, 1.54) is 10.5 Å². The van der Waals surface area contributed by atoms with Crippen molar-refractivity contribution in [3.8, 4) is 6.07 Å². The van der Waals surface area contributed by atoms with E-state index in [1.54, 1.807) is 12.3 Å². The third-order valence-corrected chi connectivity index (χ3v) is 6.19. The molecule has 1 fully saturated rings. The van der Waals surface area contributed by atoms with Crippen molar-refractivity contribution in [3.63, 3.8) is 0 Å². The fourth-order valence-electron chi connectivity index (χ4n) is 4.30. The number of hydrogen-bond acceptors (Lipinski definition) is 6. The number of rotatable bonds is 5. The summed E-state index contributed by atoms with van der Waals surface area (Å²) in [5.41, 5.74) is 0.836. The molecule has 1 saturated heterocycles. The van der Waals surface area contributed by atoms with Crippen molar-refractivity contribution in [3.05, 3.63) is 75.8 Å². The van der Waals surface area contributed by atoms with Crippen LogP contribution in [0.25, 0.3) is 5.52 Å². The SMILES string of the molecule is CN(C)c1cccc(C2(C#N)CCN(Cc3cc(C(=O)O)c(=O)n4ccccc34)CC2)n1. The molecule has 1 aliphatic rings. The predicted molar refractivity (Wildman–Crippen MR) is 121 cm³/mol. The fraction of sp³-hybridized carbons (Fsp3) is 0.333. The summed E-state index contributed by atoms with van der Waals surface area (Å²) in [6, 6.07) is 15.1. The van der Waals surface area contributed by atoms with Gasteiger partial charge >= 0.3 is 5.97 Å². The number of likely N-dealkylation sites (tertiary alicyclic amines) is 1. The minimum atomic E-state index is -1.23. The molecular formula is C24H25N5O3. The van der Waals surface area contributed by atoms with Gasteiger partial charge in [0.1, 0.15) is 16.8 Å². The first-order chi connectivity index (χ1) is 15.3. The van der Waals surface area contributed by atoms with Crippen LogP contribution >= 0.6 is 0 Å². The molecule has 3 aromatic heterocycles. The molecule has 8 heteroatoms. The molecule has 0 amide bonds. The van der Waals surface area contributed by atoms with Gasteiger partial charge in [-0.25, -0.2) is 9.78 Å². The van der Waals surface area contributed by atoms with E-state index in [-0.39, 0.29) is 5.56 Å². The average Bonchev–Trinajstić information content (AvgIpc) is 2.81. The van der Waals surface area contributed by atoms with Crippen molar-refractivity contribution in [2.24, 2.45) is 0 Å². The van der Waals surface area contributed by atoms with Crippen LogP contribution in [0, 0.1) is 11.3 Å². The number of carbonyl (C=O) groups is 1. The van der Waals surface area contributed by atoms with E-state index in [9.17, 15) is 20.0 Å². The number of fused-ring (bicyclic) bond motifs is 1. The lowest BCUT2D eigenvalue weighted by Crippen LogP contribution is -2.42. The molecule has 164 valence electrons. The second-order valence-corrected chi connectivity index (χ2v) is 8.39. The van der Waals surface area contributed by atoms with Crippen LogP contribution < -0.4 is 10.5 Å². The second-order valence-electron chi connectivity index (χ2n) is 8.39. The quantitative estimate of drug-likeness (QED) is 0.662. The molecule has 0 bridgehead atoms. The van der Waals surface area contributed by atoms with Crippen LogP contribution in [0.2, 0.25) is 0 Å². The number of carboxylic acid groups (broad SMARTS) is 1. The highest BCUT2D eigenvalue weighted by Crippen LogP contribution is 2.35. The summed E-state index contributed by atoms with van der Waals surface area (Å²) < 4.78 is 1.39. The Kier molecular flexibility index (Phi) is 5.68. The zero-order valence-corrected chi connectivity index (χ0v) is 18.2. The van der Waals surface area contributed by atoms with Crippen molar-refractivity contribution in [1.29, 1.82) is 5.26 Å². The van der Waals surface area contributed by atoms with Gasteiger partial charge in [-0.15, -0.1) is 0 Å². The molecule has 32 heavy (non-hydrogen) atoms. The Bertz CT molecular complexity index is 1270. The molecule has 0 spiro atoms. The number of hydrogen-bond donors (Lipinski definition) is 1. The van der Waals surface area contributed by atoms with Crippen LogP contribution in [-0.2, 0) is 12.0 Å². The van der Waals surface area contributed by atoms with E-state index in [4.69, 9.17) is 4.98 Å². The van der Waals surface area contributed by atoms with Gasteiger partial charge in [-0.3, -0.25) is 14.1 Å². The summed E-state index contributed by atoms with van der Waals surface area (Å²) in [6.45, 7) is 1.84. The maximum absolute atomic E-state index is 12.5. The Morgan fingerprint density at radius 3 is 2.62 bits per heavy atom. The molecule has 3 aromatic rings. The first-order valence-electron chi connectivity index (χ1n) is 10.5. The summed E-state index contributed by atoms with van der Waals surface area (Å²) in [7, 11) is 3.85. The van der Waals surface area contributed by atoms with E-state index >= 15 is 0 Å². The number of aromatic nitrogens is 2. The van der Waals surface area contributed by atoms with Crippen molar-refractivity contribution < 1.29 is 9.90 Å². The third-order valence-electron chi connectivity index (χ3n) is 6.19. The maximum atomic E-state index is 12.5. The molecule has 1 aliphatic heterocycles. The maximum Gasteiger partial charge on any atom is 0.341 e. The zero-order chi connectivity index (χ0) is 22.9. The molecule has 0 unspecified atom stereocenters. The molecule has 0 atom stereocenters. The lowest BCUT2D eigenvalue weighted by Gasteiger charge is -2.37. The molecule has 1 N–H and O–H groups in total. The number of piperidine rings is 1. The molecule has 8 nitrogen and oxygen atoms in total. The third kappa shape index (κ3) is 3.83. The summed E-state index contributed by atoms with van der Waals surface area (Å²) in [4.78, 5) is 32.9. The topological polar surface area (TPSA) is 102 Å². The minimum absolute atomic E-state index is 0.239. The highest BCUT2D eigenvalue weighted by molar-refractivity contribution is 5.88. The lowest BCUT2D eigenvalue weighted by molar-refractivity contribution is 0.0694. The van der Waals surface area contributed by atoms with Crippen molar-refractivity contribution in [2.75, 3.05) is 32.1 Å². The van der Waals surface area contributed by atoms with E-state index in [0.29, 0.717) is 38.0 Å². The van der Waals surface area contributed by atoms with Crippen LogP contribution in [0.15, 0.2) is 53.5 Å². The molecular weight excluding hydrogens is 406 g/mol. The smallest absolute Gasteiger partial charge is 0.341 e. The van der Waals surface area contributed by atoms with Gasteiger partial charge in [0.15, 0.2) is 0 Å². The number of anilines is 1. The highest BCUT2D eigenvalue weighted by atomic mass is 16.4. The van der Waals surface area contributed by atoms with Gasteiger partial charge in [-0.2, -0.15) is 5.26 Å². The number of carboxylic acids is 1. The number of pyridine rings is 3. The van der Waals surface area contributed by atoms with Gasteiger partial charge in [-0.05, 0) is 48.7 Å². The van der Waals surface area contributed by atoms with Gasteiger partial charge in [-0.1, -0.05) is 12.1 Å². The molecule has 0 aromatic carbocycles. The van der Waals surface area contributed by atoms with Crippen molar-refractivity contribution >= 4 is 17.3 Å². The second kappa shape index (κ2) is 8.44. The summed E-state index contributed by atoms with van der Waals surface area (Å²) >= 11 is 0. The van der Waals surface area contributed by atoms with Gasteiger partial charge < -0.3 is 10.0 Å². The van der Waals surface area contributed by atoms with Crippen LogP contribution in [0.5, 0.6) is 0 Å². The molecule has 0 radical (unpaired) electrons. The Balaban J connectivity index is 1.60. The molecule has 4 rings (SSSR count). The minimum Gasteiger partial charge on any atom is -0.477 e. The summed E-state index contributed by atoms with van der Waals surface area (Å²) in [5.74, 6) is -0.412. The van der Waals surface area contributed by atoms with Gasteiger partial charge in [0.25, 0.3) is 5.56 Å². The number of nitriles is 1. The Morgan fingerprint density at radius 1 is 1.22 bits per heavy atom. The number of aromatic carboxylic acids is 1. The standard InChI is InChI=1S/C24H25N5O3/c1-27(2)21-8-5-7-20(26-21)24(16-25)9-12-28(13-10-24)15-17-14-18(23(31)32)22(30)29-11-4-3-6-19(17)29/h3-8,11,14H,9-10,12-13,15H2,1-2H3,(H,31,32). The van der Waals surface area contributed by atoms with Crippen molar-refractivity contribution in [1.82, 2.24) is 14.3 Å². The normalized spacial score (nSPS) is 15.9. The fourth-order valence-corrected chi connectivity index (χ4v) is 4.30. The largest absolute Gasteiger partial charge is 0.477 e. The zero-order valence-electron chi connectivity index (χ0n) is 18.2. The van der Waals surface area contributed by atoms with Crippen LogP contribution in [0.3, 0.4) is 0 Å². The monoisotopic (exact) mass is 431 g/mol. The highest BCUT2D eigenvalue weighted by Gasteiger charge is 2.38. The van der Waals surface area contributed by atoms with E-state index in [2.05, 4.69) is 11.0 Å². The first-order valence-corrected chi connectivity index (χ1v) is 10.5. The summed E-state index contributed by atoms with van der Waals surface area (Å²) in [5, 5.41) is 19.5. The molecule has 0 saturated carbocycles. The van der Waals surface area contributed by atoms with Crippen molar-refractivity contribution in [2.45, 2.75) is 24.8 Å². The van der Waals surface area contributed by atoms with Gasteiger partial charge in [0.2, 0.25) is 0 Å². The molecule has 4 heterocycles. The van der Waals surface area contributed by atoms with E-state index in [1.807, 2.05) is 49.3 Å². The van der Waals surface area contributed by atoms with Crippen LogP contribution in [0.1, 0.15) is 34.5 Å². The molecule has 0 aliphatic carbocycles. The van der Waals surface area contributed by atoms with Gasteiger partial charge in [0.05, 0.1) is 17.3 Å². The lowest BCUT2D eigenvalue weighted by atomic mass is 9.76. The average molecular weight is 431 g/mol. The Labute approximate surface area is 186 Å². The Hall–Kier alpha value is -3.70.